The Labute approximate surface area is 211 Å². The first-order valence-electron chi connectivity index (χ1n) is 11.6. The normalized spacial score (nSPS) is 23.6. The zero-order valence-electron chi connectivity index (χ0n) is 19.3. The Morgan fingerprint density at radius 3 is 2.56 bits per heavy atom. The lowest BCUT2D eigenvalue weighted by atomic mass is 9.99. The Balaban J connectivity index is 1.24. The van der Waals surface area contributed by atoms with E-state index in [1.54, 1.807) is 25.4 Å². The van der Waals surface area contributed by atoms with Gasteiger partial charge in [0.05, 0.1) is 29.3 Å². The summed E-state index contributed by atoms with van der Waals surface area (Å²) >= 11 is 6.61. The number of fused-ring (bicyclic) bond motifs is 2. The van der Waals surface area contributed by atoms with Crippen LogP contribution in [0.15, 0.2) is 59.6 Å². The summed E-state index contributed by atoms with van der Waals surface area (Å²) in [4.78, 5) is 11.6. The van der Waals surface area contributed by atoms with Crippen LogP contribution in [0.3, 0.4) is 0 Å². The van der Waals surface area contributed by atoms with Crippen molar-refractivity contribution in [3.05, 3.63) is 71.0 Å². The van der Waals surface area contributed by atoms with Crippen LogP contribution in [0.2, 0.25) is 5.02 Å². The molecule has 6 rings (SSSR count). The van der Waals surface area contributed by atoms with Crippen LogP contribution < -0.4 is 4.74 Å². The molecule has 0 aliphatic carbocycles. The van der Waals surface area contributed by atoms with E-state index in [-0.39, 0.29) is 30.7 Å². The minimum atomic E-state index is -0.640. The van der Waals surface area contributed by atoms with Gasteiger partial charge in [-0.05, 0) is 34.9 Å². The van der Waals surface area contributed by atoms with E-state index in [1.807, 2.05) is 36.4 Å². The van der Waals surface area contributed by atoms with E-state index < -0.39 is 6.10 Å². The molecule has 2 saturated heterocycles. The molecule has 0 unspecified atom stereocenters. The van der Waals surface area contributed by atoms with E-state index >= 15 is 0 Å². The number of hydrogen-bond acceptors (Lipinski definition) is 6. The molecule has 0 bridgehead atoms. The van der Waals surface area contributed by atoms with Gasteiger partial charge in [-0.1, -0.05) is 48.0 Å². The molecule has 2 aliphatic heterocycles. The van der Waals surface area contributed by atoms with Crippen molar-refractivity contribution in [2.75, 3.05) is 20.3 Å². The van der Waals surface area contributed by atoms with Gasteiger partial charge in [-0.3, -0.25) is 4.99 Å². The van der Waals surface area contributed by atoms with Crippen molar-refractivity contribution < 1.29 is 23.7 Å². The van der Waals surface area contributed by atoms with Crippen LogP contribution in [-0.4, -0.2) is 66.0 Å². The SMILES string of the molecule is CN=Cc1ccc(-c2ccc(-c3cc4nc(O[C@@H]5CO[C@H]6[C@@H]5OC[C@H]6O)[nH]c4cc3Cl)cc2)c(F)c1. The average molecular weight is 508 g/mol. The zero-order valence-corrected chi connectivity index (χ0v) is 20.1. The molecule has 9 heteroatoms. The van der Waals surface area contributed by atoms with Crippen LogP contribution in [0.4, 0.5) is 4.39 Å². The molecule has 1 aromatic heterocycles. The van der Waals surface area contributed by atoms with Crippen molar-refractivity contribution in [1.82, 2.24) is 9.97 Å². The van der Waals surface area contributed by atoms with Crippen LogP contribution in [-0.2, 0) is 9.47 Å². The number of aliphatic imine (C=N–C) groups is 1. The molecule has 3 heterocycles. The summed E-state index contributed by atoms with van der Waals surface area (Å²) in [7, 11) is 1.65. The molecule has 7 nitrogen and oxygen atoms in total. The maximum Gasteiger partial charge on any atom is 0.295 e. The maximum atomic E-state index is 14.6. The van der Waals surface area contributed by atoms with E-state index in [0.29, 0.717) is 34.3 Å². The van der Waals surface area contributed by atoms with Gasteiger partial charge < -0.3 is 24.3 Å². The second-order valence-electron chi connectivity index (χ2n) is 8.91. The molecule has 0 amide bonds. The van der Waals surface area contributed by atoms with Gasteiger partial charge in [0.1, 0.15) is 24.1 Å². The van der Waals surface area contributed by atoms with Gasteiger partial charge >= 0.3 is 0 Å². The monoisotopic (exact) mass is 507 g/mol. The number of H-pyrrole nitrogens is 1. The maximum absolute atomic E-state index is 14.6. The Morgan fingerprint density at radius 2 is 1.81 bits per heavy atom. The number of aliphatic hydroxyl groups excluding tert-OH is 1. The van der Waals surface area contributed by atoms with Gasteiger partial charge in [0.25, 0.3) is 6.01 Å². The highest BCUT2D eigenvalue weighted by atomic mass is 35.5. The average Bonchev–Trinajstić information content (AvgIpc) is 3.56. The summed E-state index contributed by atoms with van der Waals surface area (Å²) in [5.41, 5.74) is 5.10. The molecule has 2 fully saturated rings. The van der Waals surface area contributed by atoms with E-state index in [2.05, 4.69) is 15.0 Å². The van der Waals surface area contributed by atoms with Gasteiger partial charge in [0.15, 0.2) is 6.10 Å². The minimum Gasteiger partial charge on any atom is -0.456 e. The highest BCUT2D eigenvalue weighted by Gasteiger charge is 2.48. The van der Waals surface area contributed by atoms with Crippen LogP contribution in [0.1, 0.15) is 5.56 Å². The molecule has 0 saturated carbocycles. The number of hydrogen-bond donors (Lipinski definition) is 2. The quantitative estimate of drug-likeness (QED) is 0.384. The fraction of sp³-hybridized carbons (Fsp3) is 0.259. The molecule has 4 atom stereocenters. The number of benzene rings is 3. The first-order valence-corrected chi connectivity index (χ1v) is 12.0. The predicted octanol–water partition coefficient (Wildman–Crippen LogP) is 4.64. The van der Waals surface area contributed by atoms with Crippen LogP contribution in [0, 0.1) is 5.82 Å². The first-order chi connectivity index (χ1) is 17.5. The number of halogens is 2. The second-order valence-corrected chi connectivity index (χ2v) is 9.32. The van der Waals surface area contributed by atoms with E-state index in [9.17, 15) is 9.50 Å². The van der Waals surface area contributed by atoms with Gasteiger partial charge in [-0.2, -0.15) is 4.98 Å². The molecule has 0 radical (unpaired) electrons. The lowest BCUT2D eigenvalue weighted by molar-refractivity contribution is 0.00706. The lowest BCUT2D eigenvalue weighted by Crippen LogP contribution is -2.34. The van der Waals surface area contributed by atoms with Gasteiger partial charge in [0.2, 0.25) is 0 Å². The van der Waals surface area contributed by atoms with E-state index in [4.69, 9.17) is 25.8 Å². The largest absolute Gasteiger partial charge is 0.456 e. The Bertz CT molecular complexity index is 1460. The van der Waals surface area contributed by atoms with Crippen molar-refractivity contribution in [2.45, 2.75) is 24.4 Å². The standard InChI is InChI=1S/C27H23ClFN3O4/c1-30-11-14-2-7-17(20(29)8-14)15-3-5-16(6-4-15)18-9-21-22(10-19(18)28)32-27(31-21)36-24-13-35-25-23(33)12-34-26(24)25/h2-11,23-26,33H,12-13H2,1H3,(H,31,32)/t23-,24-,25-,26-/m1/s1. The van der Waals surface area contributed by atoms with Crippen LogP contribution >= 0.6 is 11.6 Å². The van der Waals surface area contributed by atoms with E-state index in [0.717, 1.165) is 22.2 Å². The highest BCUT2D eigenvalue weighted by molar-refractivity contribution is 6.34. The third kappa shape index (κ3) is 4.16. The molecule has 4 aromatic rings. The number of imidazole rings is 1. The number of ether oxygens (including phenoxy) is 3. The number of aliphatic hydroxyl groups is 1. The van der Waals surface area contributed by atoms with Crippen molar-refractivity contribution in [3.8, 4) is 28.3 Å². The molecule has 2 aliphatic rings. The topological polar surface area (TPSA) is 89.0 Å². The molecule has 3 aromatic carbocycles. The van der Waals surface area contributed by atoms with Crippen molar-refractivity contribution >= 4 is 28.8 Å². The fourth-order valence-electron chi connectivity index (χ4n) is 4.80. The number of aromatic amines is 1. The Morgan fingerprint density at radius 1 is 1.06 bits per heavy atom. The minimum absolute atomic E-state index is 0.235. The summed E-state index contributed by atoms with van der Waals surface area (Å²) < 4.78 is 31.9. The number of nitrogens with one attached hydrogen (secondary N) is 1. The summed E-state index contributed by atoms with van der Waals surface area (Å²) in [5, 5.41) is 10.5. The van der Waals surface area contributed by atoms with Gasteiger partial charge in [0, 0.05) is 24.4 Å². The smallest absolute Gasteiger partial charge is 0.295 e. The second kappa shape index (κ2) is 9.29. The Hall–Kier alpha value is -3.30. The van der Waals surface area contributed by atoms with E-state index in [1.165, 1.54) is 6.07 Å². The van der Waals surface area contributed by atoms with Gasteiger partial charge in [-0.25, -0.2) is 4.39 Å². The molecule has 0 spiro atoms. The molecule has 36 heavy (non-hydrogen) atoms. The predicted molar refractivity (Wildman–Crippen MR) is 135 cm³/mol. The zero-order chi connectivity index (χ0) is 24.8. The summed E-state index contributed by atoms with van der Waals surface area (Å²) in [6.07, 6.45) is -0.0888. The number of aromatic nitrogens is 2. The summed E-state index contributed by atoms with van der Waals surface area (Å²) in [6.45, 7) is 0.552. The first kappa shape index (κ1) is 23.1. The van der Waals surface area contributed by atoms with Crippen LogP contribution in [0.25, 0.3) is 33.3 Å². The lowest BCUT2D eigenvalue weighted by Gasteiger charge is -2.15. The Kier molecular flexibility index (Phi) is 5.97. The van der Waals surface area contributed by atoms with Crippen molar-refractivity contribution in [3.63, 3.8) is 0 Å². The summed E-state index contributed by atoms with van der Waals surface area (Å²) in [6, 6.07) is 16.6. The molecule has 2 N–H and O–H groups in total. The third-order valence-electron chi connectivity index (χ3n) is 6.57. The molecular weight excluding hydrogens is 485 g/mol. The number of rotatable bonds is 5. The molecular formula is C27H23ClFN3O4. The summed E-state index contributed by atoms with van der Waals surface area (Å²) in [5.74, 6) is -0.305. The third-order valence-corrected chi connectivity index (χ3v) is 6.88. The number of nitrogens with zero attached hydrogens (tertiary/aromatic N) is 2. The van der Waals surface area contributed by atoms with Crippen molar-refractivity contribution in [1.29, 1.82) is 0 Å². The van der Waals surface area contributed by atoms with Crippen molar-refractivity contribution in [2.24, 2.45) is 4.99 Å². The molecule has 184 valence electrons. The fourth-order valence-corrected chi connectivity index (χ4v) is 5.07. The van der Waals surface area contributed by atoms with Gasteiger partial charge in [-0.15, -0.1) is 0 Å². The highest BCUT2D eigenvalue weighted by Crippen LogP contribution is 2.35. The van der Waals surface area contributed by atoms with Crippen LogP contribution in [0.5, 0.6) is 6.01 Å².